The van der Waals surface area contributed by atoms with Crippen LogP contribution < -0.4 is 10.2 Å². The van der Waals surface area contributed by atoms with Crippen LogP contribution in [0.25, 0.3) is 5.69 Å². The maximum atomic E-state index is 9.24. The first kappa shape index (κ1) is 15.6. The van der Waals surface area contributed by atoms with Crippen LogP contribution in [0.1, 0.15) is 0 Å². The van der Waals surface area contributed by atoms with E-state index in [1.54, 1.807) is 24.3 Å². The van der Waals surface area contributed by atoms with Crippen LogP contribution in [0.5, 0.6) is 0 Å². The highest BCUT2D eigenvalue weighted by molar-refractivity contribution is 7.12. The molecule has 0 amide bonds. The number of hydrogen-bond donors (Lipinski definition) is 2. The summed E-state index contributed by atoms with van der Waals surface area (Å²) in [6, 6.07) is 18.2. The third-order valence-electron chi connectivity index (χ3n) is 2.96. The maximum Gasteiger partial charge on any atom is 0.250 e. The van der Waals surface area contributed by atoms with Gasteiger partial charge in [-0.25, -0.2) is 4.68 Å². The third-order valence-corrected chi connectivity index (χ3v) is 3.76. The minimum Gasteiger partial charge on any atom is -0.410 e. The van der Waals surface area contributed by atoms with Gasteiger partial charge in [-0.1, -0.05) is 58.0 Å². The molecule has 9 heteroatoms. The Morgan fingerprint density at radius 3 is 2.12 bits per heavy atom. The van der Waals surface area contributed by atoms with E-state index >= 15 is 0 Å². The monoisotopic (exact) mass is 340 g/mol. The second-order valence-electron chi connectivity index (χ2n) is 4.50. The Hall–Kier alpha value is -3.33. The first-order chi connectivity index (χ1) is 11.8. The first-order valence-electron chi connectivity index (χ1n) is 6.84. The van der Waals surface area contributed by atoms with Crippen LogP contribution in [0.2, 0.25) is 0 Å². The summed E-state index contributed by atoms with van der Waals surface area (Å²) in [6.07, 6.45) is 0. The van der Waals surface area contributed by atoms with E-state index in [-0.39, 0.29) is 15.3 Å². The highest BCUT2D eigenvalue weighted by Gasteiger charge is 2.07. The molecule has 0 unspecified atom stereocenters. The topological polar surface area (TPSA) is 108 Å². The molecule has 3 rings (SSSR count). The van der Waals surface area contributed by atoms with E-state index in [0.29, 0.717) is 11.4 Å². The third kappa shape index (κ3) is 3.36. The molecule has 0 atom stereocenters. The number of aromatic nitrogens is 2. The summed E-state index contributed by atoms with van der Waals surface area (Å²) >= 11 is 0.939. The Labute approximate surface area is 140 Å². The van der Waals surface area contributed by atoms with Crippen molar-refractivity contribution in [2.24, 2.45) is 20.5 Å². The molecule has 0 radical (unpaired) electrons. The molecule has 0 saturated carbocycles. The van der Waals surface area contributed by atoms with E-state index in [9.17, 15) is 10.4 Å². The van der Waals surface area contributed by atoms with Crippen molar-refractivity contribution >= 4 is 22.2 Å². The molecule has 0 aliphatic rings. The van der Waals surface area contributed by atoms with Gasteiger partial charge in [-0.3, -0.25) is 0 Å². The second kappa shape index (κ2) is 7.29. The summed E-state index contributed by atoms with van der Waals surface area (Å²) < 4.78 is 1.38. The molecular formula is C15H12N6O2S. The van der Waals surface area contributed by atoms with Crippen molar-refractivity contribution in [2.75, 3.05) is 0 Å². The molecule has 0 spiro atoms. The van der Waals surface area contributed by atoms with Crippen molar-refractivity contribution in [3.8, 4) is 5.69 Å². The molecule has 0 fully saturated rings. The van der Waals surface area contributed by atoms with Crippen LogP contribution in [0.15, 0.2) is 81.2 Å². The molecule has 1 aromatic heterocycles. The van der Waals surface area contributed by atoms with Crippen molar-refractivity contribution in [2.45, 2.75) is 0 Å². The average Bonchev–Trinajstić information content (AvgIpc) is 2.67. The van der Waals surface area contributed by atoms with Crippen molar-refractivity contribution in [1.82, 2.24) is 9.78 Å². The smallest absolute Gasteiger partial charge is 0.250 e. The molecule has 2 aromatic carbocycles. The normalized spacial score (nSPS) is 12.8. The van der Waals surface area contributed by atoms with Crippen molar-refractivity contribution in [3.63, 3.8) is 0 Å². The lowest BCUT2D eigenvalue weighted by Gasteiger charge is -2.05. The Bertz CT molecular complexity index is 980. The minimum absolute atomic E-state index is 0.00707. The van der Waals surface area contributed by atoms with Crippen LogP contribution in [-0.4, -0.2) is 20.2 Å². The second-order valence-corrected chi connectivity index (χ2v) is 5.45. The molecule has 0 bridgehead atoms. The molecule has 3 aromatic rings. The summed E-state index contributed by atoms with van der Waals surface area (Å²) in [5, 5.41) is 37.4. The molecule has 120 valence electrons. The largest absolute Gasteiger partial charge is 0.410 e. The molecule has 0 aliphatic heterocycles. The van der Waals surface area contributed by atoms with Gasteiger partial charge in [-0.15, -0.1) is 15.3 Å². The Morgan fingerprint density at radius 1 is 0.833 bits per heavy atom. The first-order valence-corrected chi connectivity index (χ1v) is 7.66. The standard InChI is InChI=1S/C15H12N6O2S/c22-19-13-14(20-23)24-15(17-16-11-7-3-1-4-8-11)18-21(13)12-9-5-2-6-10-12/h1-10,22-23H/b17-16?,19-13+,20-14-. The molecule has 0 aliphatic carbocycles. The van der Waals surface area contributed by atoms with Crippen LogP contribution >= 0.6 is 11.3 Å². The van der Waals surface area contributed by atoms with Crippen molar-refractivity contribution in [3.05, 3.63) is 70.8 Å². The Morgan fingerprint density at radius 2 is 1.50 bits per heavy atom. The zero-order valence-corrected chi connectivity index (χ0v) is 13.1. The predicted octanol–water partition coefficient (Wildman–Crippen LogP) is 2.93. The zero-order valence-electron chi connectivity index (χ0n) is 12.3. The number of benzene rings is 2. The number of azo groups is 1. The lowest BCUT2D eigenvalue weighted by Crippen LogP contribution is -2.35. The van der Waals surface area contributed by atoms with Gasteiger partial charge >= 0.3 is 0 Å². The zero-order chi connectivity index (χ0) is 16.8. The van der Waals surface area contributed by atoms with Crippen LogP contribution in [0.4, 0.5) is 10.8 Å². The molecule has 1 heterocycles. The van der Waals surface area contributed by atoms with Gasteiger partial charge < -0.3 is 10.4 Å². The number of para-hydroxylation sites is 1. The van der Waals surface area contributed by atoms with Gasteiger partial charge in [-0.05, 0) is 24.3 Å². The highest BCUT2D eigenvalue weighted by Crippen LogP contribution is 2.17. The Kier molecular flexibility index (Phi) is 4.73. The van der Waals surface area contributed by atoms with Gasteiger partial charge in [0.15, 0.2) is 0 Å². The molecule has 8 nitrogen and oxygen atoms in total. The predicted molar refractivity (Wildman–Crippen MR) is 86.8 cm³/mol. The molecule has 0 saturated heterocycles. The Balaban J connectivity index is 2.14. The number of rotatable bonds is 3. The van der Waals surface area contributed by atoms with Crippen LogP contribution in [-0.2, 0) is 0 Å². The van der Waals surface area contributed by atoms with Crippen LogP contribution in [0.3, 0.4) is 0 Å². The number of nitrogens with zero attached hydrogens (tertiary/aromatic N) is 6. The van der Waals surface area contributed by atoms with Gasteiger partial charge in [0.25, 0.3) is 5.13 Å². The summed E-state index contributed by atoms with van der Waals surface area (Å²) in [6.45, 7) is 0. The number of hydrogen-bond acceptors (Lipinski definition) is 8. The van der Waals surface area contributed by atoms with Crippen molar-refractivity contribution < 1.29 is 10.4 Å². The van der Waals surface area contributed by atoms with E-state index in [1.807, 2.05) is 36.4 Å². The fourth-order valence-corrected chi connectivity index (χ4v) is 2.55. The van der Waals surface area contributed by atoms with Gasteiger partial charge in [0.1, 0.15) is 0 Å². The van der Waals surface area contributed by atoms with Gasteiger partial charge in [0, 0.05) is 0 Å². The van der Waals surface area contributed by atoms with Crippen LogP contribution in [0, 0.1) is 0 Å². The van der Waals surface area contributed by atoms with E-state index < -0.39 is 0 Å². The summed E-state index contributed by atoms with van der Waals surface area (Å²) in [7, 11) is 0. The molecular weight excluding hydrogens is 328 g/mol. The molecule has 24 heavy (non-hydrogen) atoms. The van der Waals surface area contributed by atoms with E-state index in [2.05, 4.69) is 25.6 Å². The quantitative estimate of drug-likeness (QED) is 0.435. The lowest BCUT2D eigenvalue weighted by molar-refractivity contribution is 0.282. The summed E-state index contributed by atoms with van der Waals surface area (Å²) in [5.41, 5.74) is 1.28. The maximum absolute atomic E-state index is 9.24. The van der Waals surface area contributed by atoms with E-state index in [1.165, 1.54) is 4.68 Å². The highest BCUT2D eigenvalue weighted by atomic mass is 32.1. The van der Waals surface area contributed by atoms with Gasteiger partial charge in [0.2, 0.25) is 10.2 Å². The SMILES string of the molecule is O/N=c1\sc(N=Nc2ccccc2)nn(-c2ccccc2)\c1=N\O. The van der Waals surface area contributed by atoms with Gasteiger partial charge in [0.05, 0.1) is 11.4 Å². The summed E-state index contributed by atoms with van der Waals surface area (Å²) in [4.78, 5) is 0. The van der Waals surface area contributed by atoms with E-state index in [0.717, 1.165) is 11.3 Å². The van der Waals surface area contributed by atoms with Crippen molar-refractivity contribution in [1.29, 1.82) is 0 Å². The lowest BCUT2D eigenvalue weighted by atomic mass is 10.3. The van der Waals surface area contributed by atoms with E-state index in [4.69, 9.17) is 0 Å². The minimum atomic E-state index is -0.00707. The molecule has 2 N–H and O–H groups in total. The van der Waals surface area contributed by atoms with Gasteiger partial charge in [-0.2, -0.15) is 0 Å². The summed E-state index contributed by atoms with van der Waals surface area (Å²) in [5.74, 6) is 0. The fourth-order valence-electron chi connectivity index (χ4n) is 1.91. The fraction of sp³-hybridized carbons (Fsp3) is 0. The average molecular weight is 340 g/mol.